The predicted octanol–water partition coefficient (Wildman–Crippen LogP) is 7.64. The molecule has 2 heteroatoms. The molecule has 0 radical (unpaired) electrons. The summed E-state index contributed by atoms with van der Waals surface area (Å²) in [6.07, 6.45) is 17.8. The van der Waals surface area contributed by atoms with Crippen LogP contribution in [0.1, 0.15) is 84.6 Å². The van der Waals surface area contributed by atoms with E-state index in [1.807, 2.05) is 12.4 Å². The van der Waals surface area contributed by atoms with E-state index < -0.39 is 0 Å². The van der Waals surface area contributed by atoms with E-state index in [4.69, 9.17) is 0 Å². The molecule has 0 amide bonds. The number of rotatable bonds is 3. The fourth-order valence-corrected chi connectivity index (χ4v) is 9.15. The second-order valence-corrected chi connectivity index (χ2v) is 12.7. The molecule has 1 aromatic carbocycles. The van der Waals surface area contributed by atoms with Crippen LogP contribution in [0.2, 0.25) is 0 Å². The number of allylic oxidation sites excluding steroid dienone is 2. The molecule has 33 heavy (non-hydrogen) atoms. The topological polar surface area (TPSA) is 24.9 Å². The Morgan fingerprint density at radius 2 is 1.85 bits per heavy atom. The smallest absolute Gasteiger partial charge is 0.0346 e. The Hall–Kier alpha value is -1.67. The molecular weight excluding hydrogens is 400 g/mol. The summed E-state index contributed by atoms with van der Waals surface area (Å²) in [6.45, 7) is 9.92. The summed E-state index contributed by atoms with van der Waals surface area (Å²) in [5.41, 5.74) is 3.99. The quantitative estimate of drug-likeness (QED) is 0.528. The van der Waals surface area contributed by atoms with Crippen molar-refractivity contribution in [2.24, 2.45) is 34.5 Å². The van der Waals surface area contributed by atoms with Crippen molar-refractivity contribution in [3.8, 4) is 0 Å². The average molecular weight is 443 g/mol. The Morgan fingerprint density at radius 1 is 0.970 bits per heavy atom. The molecule has 0 unspecified atom stereocenters. The maximum atomic E-state index is 4.38. The monoisotopic (exact) mass is 442 g/mol. The summed E-state index contributed by atoms with van der Waals surface area (Å²) in [4.78, 5) is 4.38. The normalized spacial score (nSPS) is 40.3. The third-order valence-corrected chi connectivity index (χ3v) is 10.8. The van der Waals surface area contributed by atoms with E-state index in [1.54, 1.807) is 5.57 Å². The highest BCUT2D eigenvalue weighted by Crippen LogP contribution is 2.67. The minimum atomic E-state index is 0.344. The summed E-state index contributed by atoms with van der Waals surface area (Å²) in [7, 11) is 0. The lowest BCUT2D eigenvalue weighted by atomic mass is 9.44. The van der Waals surface area contributed by atoms with Crippen molar-refractivity contribution in [1.82, 2.24) is 10.3 Å². The first kappa shape index (κ1) is 21.8. The van der Waals surface area contributed by atoms with Crippen molar-refractivity contribution in [2.75, 3.05) is 0 Å². The third kappa shape index (κ3) is 3.42. The van der Waals surface area contributed by atoms with Crippen LogP contribution < -0.4 is 5.32 Å². The van der Waals surface area contributed by atoms with Crippen molar-refractivity contribution >= 4 is 16.3 Å². The zero-order valence-electron chi connectivity index (χ0n) is 21.1. The molecule has 0 bridgehead atoms. The summed E-state index contributed by atoms with van der Waals surface area (Å²) in [5.74, 6) is 3.61. The van der Waals surface area contributed by atoms with Gasteiger partial charge in [0.25, 0.3) is 0 Å². The zero-order valence-corrected chi connectivity index (χ0v) is 21.1. The number of aromatic nitrogens is 1. The first-order valence-electron chi connectivity index (χ1n) is 13.7. The highest BCUT2D eigenvalue weighted by molar-refractivity contribution is 5.86. The highest BCUT2D eigenvalue weighted by Gasteiger charge is 2.58. The van der Waals surface area contributed by atoms with Gasteiger partial charge in [-0.25, -0.2) is 0 Å². The van der Waals surface area contributed by atoms with Gasteiger partial charge in [0.2, 0.25) is 0 Å². The van der Waals surface area contributed by atoms with Crippen LogP contribution in [0, 0.1) is 34.5 Å². The molecule has 0 aliphatic heterocycles. The number of hydrogen-bond donors (Lipinski definition) is 1. The van der Waals surface area contributed by atoms with Crippen molar-refractivity contribution in [2.45, 2.75) is 91.1 Å². The van der Waals surface area contributed by atoms with Gasteiger partial charge in [-0.05, 0) is 115 Å². The Morgan fingerprint density at radius 3 is 2.70 bits per heavy atom. The Kier molecular flexibility index (Phi) is 5.25. The van der Waals surface area contributed by atoms with Gasteiger partial charge in [-0.3, -0.25) is 4.98 Å². The molecule has 3 saturated carbocycles. The van der Waals surface area contributed by atoms with Crippen LogP contribution >= 0.6 is 0 Å². The SMILES string of the molecule is CC(C)N[C@H]1CC[C@@]2(C)[C@@H](CC[C@@H]3[C@@H]2CC[C@]2(C)C(c4ccc5ccncc5c4)=CC[C@@H]32)C1. The van der Waals surface area contributed by atoms with Crippen molar-refractivity contribution in [3.63, 3.8) is 0 Å². The number of hydrogen-bond acceptors (Lipinski definition) is 2. The fourth-order valence-electron chi connectivity index (χ4n) is 9.15. The van der Waals surface area contributed by atoms with Crippen molar-refractivity contribution in [3.05, 3.63) is 48.3 Å². The van der Waals surface area contributed by atoms with Crippen LogP contribution in [-0.2, 0) is 0 Å². The molecule has 176 valence electrons. The van der Waals surface area contributed by atoms with Gasteiger partial charge in [-0.1, -0.05) is 45.9 Å². The molecular formula is C31H42N2. The number of nitrogens with one attached hydrogen (secondary N) is 1. The molecule has 1 aromatic heterocycles. The van der Waals surface area contributed by atoms with Crippen molar-refractivity contribution < 1.29 is 0 Å². The van der Waals surface area contributed by atoms with E-state index in [-0.39, 0.29) is 0 Å². The van der Waals surface area contributed by atoms with E-state index in [1.165, 1.54) is 67.7 Å². The van der Waals surface area contributed by atoms with Gasteiger partial charge in [0.1, 0.15) is 0 Å². The van der Waals surface area contributed by atoms with Gasteiger partial charge >= 0.3 is 0 Å². The predicted molar refractivity (Wildman–Crippen MR) is 139 cm³/mol. The van der Waals surface area contributed by atoms with E-state index >= 15 is 0 Å². The first-order valence-corrected chi connectivity index (χ1v) is 13.7. The Bertz CT molecular complexity index is 1070. The number of nitrogens with zero attached hydrogens (tertiary/aromatic N) is 1. The Balaban J connectivity index is 1.25. The van der Waals surface area contributed by atoms with Crippen LogP contribution in [0.3, 0.4) is 0 Å². The molecule has 1 heterocycles. The van der Waals surface area contributed by atoms with E-state index in [2.05, 4.69) is 68.3 Å². The molecule has 2 aromatic rings. The number of fused-ring (bicyclic) bond motifs is 6. The van der Waals surface area contributed by atoms with Gasteiger partial charge in [0.05, 0.1) is 0 Å². The third-order valence-electron chi connectivity index (χ3n) is 10.8. The first-order chi connectivity index (χ1) is 15.9. The van der Waals surface area contributed by atoms with Crippen LogP contribution in [0.5, 0.6) is 0 Å². The lowest BCUT2D eigenvalue weighted by Crippen LogP contribution is -2.55. The molecule has 1 N–H and O–H groups in total. The maximum absolute atomic E-state index is 4.38. The number of benzene rings is 1. The molecule has 2 nitrogen and oxygen atoms in total. The lowest BCUT2D eigenvalue weighted by Gasteiger charge is -2.61. The van der Waals surface area contributed by atoms with Crippen LogP contribution in [0.4, 0.5) is 0 Å². The average Bonchev–Trinajstić information content (AvgIpc) is 3.16. The second kappa shape index (κ2) is 7.94. The molecule has 7 atom stereocenters. The largest absolute Gasteiger partial charge is 0.312 e. The minimum absolute atomic E-state index is 0.344. The van der Waals surface area contributed by atoms with E-state index in [9.17, 15) is 0 Å². The van der Waals surface area contributed by atoms with Gasteiger partial charge < -0.3 is 5.32 Å². The van der Waals surface area contributed by atoms with Gasteiger partial charge in [0.15, 0.2) is 0 Å². The maximum Gasteiger partial charge on any atom is 0.0346 e. The minimum Gasteiger partial charge on any atom is -0.312 e. The molecule has 3 fully saturated rings. The van der Waals surface area contributed by atoms with Crippen LogP contribution in [0.15, 0.2) is 42.7 Å². The van der Waals surface area contributed by atoms with Crippen LogP contribution in [-0.4, -0.2) is 17.1 Å². The summed E-state index contributed by atoms with van der Waals surface area (Å²) < 4.78 is 0. The van der Waals surface area contributed by atoms with E-state index in [0.717, 1.165) is 29.7 Å². The lowest BCUT2D eigenvalue weighted by molar-refractivity contribution is -0.100. The van der Waals surface area contributed by atoms with Gasteiger partial charge in [0, 0.05) is 29.9 Å². The Labute approximate surface area is 200 Å². The standard InChI is InChI=1S/C31H42N2/c1-20(2)33-25-11-14-30(3)24(18-25)7-8-26-28-10-9-27(31(28,4)15-12-29(26)30)22-6-5-21-13-16-32-19-23(21)17-22/h5-6,9,13,16-17,19-20,24-26,28-29,33H,7-8,10-12,14-15,18H2,1-4H3/t24-,25-,26-,28-,29-,30-,31+/m0/s1. The molecule has 4 aliphatic rings. The van der Waals surface area contributed by atoms with Gasteiger partial charge in [-0.15, -0.1) is 0 Å². The van der Waals surface area contributed by atoms with E-state index in [0.29, 0.717) is 16.9 Å². The molecule has 0 saturated heterocycles. The summed E-state index contributed by atoms with van der Waals surface area (Å²) in [5, 5.41) is 6.44. The summed E-state index contributed by atoms with van der Waals surface area (Å²) in [6, 6.07) is 10.5. The molecule has 4 aliphatic carbocycles. The molecule has 6 rings (SSSR count). The highest BCUT2D eigenvalue weighted by atomic mass is 14.9. The number of pyridine rings is 1. The fraction of sp³-hybridized carbons (Fsp3) is 0.645. The zero-order chi connectivity index (χ0) is 22.8. The van der Waals surface area contributed by atoms with Crippen LogP contribution in [0.25, 0.3) is 16.3 Å². The second-order valence-electron chi connectivity index (χ2n) is 12.7. The van der Waals surface area contributed by atoms with Gasteiger partial charge in [-0.2, -0.15) is 0 Å². The molecule has 0 spiro atoms. The summed E-state index contributed by atoms with van der Waals surface area (Å²) >= 11 is 0. The van der Waals surface area contributed by atoms with Crippen molar-refractivity contribution in [1.29, 1.82) is 0 Å².